The Labute approximate surface area is 136 Å². The molecule has 1 fully saturated rings. The molecule has 4 aliphatic carbocycles. The van der Waals surface area contributed by atoms with Gasteiger partial charge in [-0.05, 0) is 54.4 Å². The summed E-state index contributed by atoms with van der Waals surface area (Å²) >= 11 is 0. The van der Waals surface area contributed by atoms with E-state index in [-0.39, 0.29) is 23.5 Å². The summed E-state index contributed by atoms with van der Waals surface area (Å²) in [6.07, 6.45) is 7.35. The molecule has 4 aliphatic rings. The SMILES string of the molecule is CCc1ccc(OC)cc1C1=C(O)C2C3C=CC(CC3)C2C1=O. The van der Waals surface area contributed by atoms with Gasteiger partial charge in [0.15, 0.2) is 5.78 Å². The van der Waals surface area contributed by atoms with E-state index >= 15 is 0 Å². The molecule has 0 saturated heterocycles. The van der Waals surface area contributed by atoms with Gasteiger partial charge >= 0.3 is 0 Å². The number of aryl methyl sites for hydroxylation is 1. The maximum absolute atomic E-state index is 13.1. The standard InChI is InChI=1S/C20H22O3/c1-3-11-8-9-14(23-2)10-15(11)18-19(21)16-12-4-5-13(7-6-12)17(16)20(18)22/h4-5,8-10,12-13,16-17,21H,3,6-7H2,1-2H3. The third-order valence-corrected chi connectivity index (χ3v) is 5.84. The first-order chi connectivity index (χ1) is 11.2. The van der Waals surface area contributed by atoms with Crippen molar-refractivity contribution in [1.29, 1.82) is 0 Å². The lowest BCUT2D eigenvalue weighted by Gasteiger charge is -2.40. The topological polar surface area (TPSA) is 46.5 Å². The van der Waals surface area contributed by atoms with Gasteiger partial charge in [-0.25, -0.2) is 0 Å². The molecule has 5 rings (SSSR count). The Morgan fingerprint density at radius 1 is 1.17 bits per heavy atom. The maximum Gasteiger partial charge on any atom is 0.171 e. The summed E-state index contributed by atoms with van der Waals surface area (Å²) < 4.78 is 5.33. The predicted octanol–water partition coefficient (Wildman–Crippen LogP) is 3.94. The minimum absolute atomic E-state index is 0.0165. The van der Waals surface area contributed by atoms with Crippen molar-refractivity contribution in [1.82, 2.24) is 0 Å². The number of aliphatic hydroxyl groups excluding tert-OH is 1. The highest BCUT2D eigenvalue weighted by Crippen LogP contribution is 2.54. The Morgan fingerprint density at radius 3 is 2.43 bits per heavy atom. The fraction of sp³-hybridized carbons (Fsp3) is 0.450. The minimum Gasteiger partial charge on any atom is -0.511 e. The average molecular weight is 310 g/mol. The zero-order chi connectivity index (χ0) is 16.1. The summed E-state index contributed by atoms with van der Waals surface area (Å²) in [6.45, 7) is 2.07. The molecule has 0 radical (unpaired) electrons. The van der Waals surface area contributed by atoms with Crippen molar-refractivity contribution in [2.24, 2.45) is 23.7 Å². The zero-order valence-electron chi connectivity index (χ0n) is 13.6. The molecular formula is C20H22O3. The van der Waals surface area contributed by atoms with Crippen LogP contribution in [0.5, 0.6) is 5.75 Å². The molecule has 0 aromatic heterocycles. The molecule has 120 valence electrons. The number of rotatable bonds is 3. The van der Waals surface area contributed by atoms with Crippen LogP contribution in [0.4, 0.5) is 0 Å². The number of allylic oxidation sites excluding steroid dienone is 4. The van der Waals surface area contributed by atoms with Gasteiger partial charge < -0.3 is 9.84 Å². The Morgan fingerprint density at radius 2 is 1.87 bits per heavy atom. The Kier molecular flexibility index (Phi) is 3.33. The van der Waals surface area contributed by atoms with Crippen LogP contribution in [0.15, 0.2) is 36.1 Å². The highest BCUT2D eigenvalue weighted by atomic mass is 16.5. The lowest BCUT2D eigenvalue weighted by Crippen LogP contribution is -2.38. The van der Waals surface area contributed by atoms with Crippen molar-refractivity contribution in [3.05, 3.63) is 47.2 Å². The van der Waals surface area contributed by atoms with Gasteiger partial charge in [0, 0.05) is 11.8 Å². The highest BCUT2D eigenvalue weighted by molar-refractivity contribution is 6.25. The normalized spacial score (nSPS) is 31.7. The number of aliphatic hydroxyl groups is 1. The Bertz CT molecular complexity index is 728. The summed E-state index contributed by atoms with van der Waals surface area (Å²) in [5.41, 5.74) is 2.47. The van der Waals surface area contributed by atoms with Crippen LogP contribution in [0.25, 0.3) is 5.57 Å². The first kappa shape index (κ1) is 14.6. The molecule has 2 bridgehead atoms. The number of fused-ring (bicyclic) bond motifs is 1. The van der Waals surface area contributed by atoms with Crippen molar-refractivity contribution in [3.63, 3.8) is 0 Å². The molecule has 0 amide bonds. The predicted molar refractivity (Wildman–Crippen MR) is 89.3 cm³/mol. The van der Waals surface area contributed by atoms with Crippen molar-refractivity contribution < 1.29 is 14.6 Å². The molecule has 23 heavy (non-hydrogen) atoms. The Balaban J connectivity index is 1.85. The molecule has 3 heteroatoms. The van der Waals surface area contributed by atoms with Gasteiger partial charge in [-0.2, -0.15) is 0 Å². The van der Waals surface area contributed by atoms with E-state index in [1.54, 1.807) is 7.11 Å². The van der Waals surface area contributed by atoms with Crippen LogP contribution in [-0.4, -0.2) is 18.0 Å². The number of Topliss-reactive ketones (excluding diaryl/α,β-unsaturated/α-hetero) is 1. The number of hydrogen-bond acceptors (Lipinski definition) is 3. The molecule has 4 unspecified atom stereocenters. The third kappa shape index (κ3) is 1.99. The van der Waals surface area contributed by atoms with Gasteiger partial charge in [-0.15, -0.1) is 0 Å². The molecule has 3 nitrogen and oxygen atoms in total. The highest BCUT2D eigenvalue weighted by Gasteiger charge is 2.52. The smallest absolute Gasteiger partial charge is 0.171 e. The van der Waals surface area contributed by atoms with Gasteiger partial charge in [0.05, 0.1) is 12.7 Å². The van der Waals surface area contributed by atoms with Crippen molar-refractivity contribution >= 4 is 11.4 Å². The van der Waals surface area contributed by atoms with Gasteiger partial charge in [-0.1, -0.05) is 25.1 Å². The molecule has 0 spiro atoms. The maximum atomic E-state index is 13.1. The van der Waals surface area contributed by atoms with E-state index < -0.39 is 0 Å². The second-order valence-electron chi connectivity index (χ2n) is 6.84. The van der Waals surface area contributed by atoms with Crippen LogP contribution in [-0.2, 0) is 11.2 Å². The third-order valence-electron chi connectivity index (χ3n) is 5.84. The van der Waals surface area contributed by atoms with Crippen LogP contribution in [0.3, 0.4) is 0 Å². The van der Waals surface area contributed by atoms with E-state index in [1.165, 1.54) is 0 Å². The summed E-state index contributed by atoms with van der Waals surface area (Å²) in [6, 6.07) is 5.81. The number of carbonyl (C=O) groups excluding carboxylic acids is 1. The quantitative estimate of drug-likeness (QED) is 0.860. The molecule has 0 aliphatic heterocycles. The number of hydrogen-bond donors (Lipinski definition) is 1. The molecule has 1 aromatic carbocycles. The van der Waals surface area contributed by atoms with E-state index in [2.05, 4.69) is 19.1 Å². The molecule has 1 saturated carbocycles. The fourth-order valence-corrected chi connectivity index (χ4v) is 4.68. The fourth-order valence-electron chi connectivity index (χ4n) is 4.68. The average Bonchev–Trinajstić information content (AvgIpc) is 2.88. The monoisotopic (exact) mass is 310 g/mol. The van der Waals surface area contributed by atoms with Crippen molar-refractivity contribution in [3.8, 4) is 5.75 Å². The van der Waals surface area contributed by atoms with E-state index in [1.807, 2.05) is 18.2 Å². The Hall–Kier alpha value is -2.03. The van der Waals surface area contributed by atoms with Crippen LogP contribution in [0.1, 0.15) is 30.9 Å². The van der Waals surface area contributed by atoms with E-state index in [9.17, 15) is 9.90 Å². The van der Waals surface area contributed by atoms with Gasteiger partial charge in [0.25, 0.3) is 0 Å². The summed E-state index contributed by atoms with van der Waals surface area (Å²) in [7, 11) is 1.62. The zero-order valence-corrected chi connectivity index (χ0v) is 13.6. The number of benzene rings is 1. The van der Waals surface area contributed by atoms with Crippen LogP contribution >= 0.6 is 0 Å². The lowest BCUT2D eigenvalue weighted by atomic mass is 9.63. The second-order valence-corrected chi connectivity index (χ2v) is 6.84. The van der Waals surface area contributed by atoms with Gasteiger partial charge in [0.2, 0.25) is 0 Å². The second kappa shape index (κ2) is 5.26. The van der Waals surface area contributed by atoms with Crippen LogP contribution < -0.4 is 4.74 Å². The molecular weight excluding hydrogens is 288 g/mol. The summed E-state index contributed by atoms with van der Waals surface area (Å²) in [4.78, 5) is 13.1. The van der Waals surface area contributed by atoms with Gasteiger partial charge in [-0.3, -0.25) is 4.79 Å². The number of methoxy groups -OCH3 is 1. The number of ketones is 1. The largest absolute Gasteiger partial charge is 0.511 e. The molecule has 0 heterocycles. The minimum atomic E-state index is -0.0651. The lowest BCUT2D eigenvalue weighted by molar-refractivity contribution is -0.120. The summed E-state index contributed by atoms with van der Waals surface area (Å²) in [5, 5.41) is 10.9. The number of ether oxygens (including phenoxy) is 1. The molecule has 1 aromatic rings. The van der Waals surface area contributed by atoms with Crippen LogP contribution in [0, 0.1) is 23.7 Å². The first-order valence-electron chi connectivity index (χ1n) is 8.48. The van der Waals surface area contributed by atoms with E-state index in [4.69, 9.17) is 4.74 Å². The van der Waals surface area contributed by atoms with Crippen LogP contribution in [0.2, 0.25) is 0 Å². The first-order valence-corrected chi connectivity index (χ1v) is 8.48. The van der Waals surface area contributed by atoms with Crippen molar-refractivity contribution in [2.75, 3.05) is 7.11 Å². The van der Waals surface area contributed by atoms with Gasteiger partial charge in [0.1, 0.15) is 11.5 Å². The number of carbonyl (C=O) groups is 1. The van der Waals surface area contributed by atoms with Crippen molar-refractivity contribution in [2.45, 2.75) is 26.2 Å². The molecule has 4 atom stereocenters. The van der Waals surface area contributed by atoms with E-state index in [0.717, 1.165) is 36.1 Å². The summed E-state index contributed by atoms with van der Waals surface area (Å²) in [5.74, 6) is 1.66. The van der Waals surface area contributed by atoms with E-state index in [0.29, 0.717) is 17.3 Å². The molecule has 1 N–H and O–H groups in total.